The molecule has 1 spiro atoms. The third-order valence-corrected chi connectivity index (χ3v) is 19.7. The largest absolute Gasteiger partial charge is 0.345 e. The van der Waals surface area contributed by atoms with Crippen molar-refractivity contribution in [2.45, 2.75) is 44.2 Å². The van der Waals surface area contributed by atoms with Crippen molar-refractivity contribution in [1.82, 2.24) is 0 Å². The van der Waals surface area contributed by atoms with Gasteiger partial charge >= 0.3 is 0 Å². The zero-order valence-electron chi connectivity index (χ0n) is 33.4. The lowest BCUT2D eigenvalue weighted by atomic mass is 9.80. The molecule has 278 valence electrons. The standard InChI is InChI=1S/C56H45NSi/c1-56(2)47-24-9-8-21-44(47)55-45(23-15-25-48(55)56)54-42-20-7-6-19-41(42)53(43-30-28-37(34-46(43)54)40-22-14-17-36-16-4-5-18-39(36)40)38-29-31-52-50(35-38)57(3)49-26-10-11-27-51(49)58(52)32-12-13-33-58/h4-11,14-31,34-35H,12-13,32-33H2,1-3H3. The van der Waals surface area contributed by atoms with Gasteiger partial charge in [-0.25, -0.2) is 0 Å². The van der Waals surface area contributed by atoms with Gasteiger partial charge in [-0.05, 0) is 129 Å². The average molecular weight is 760 g/mol. The number of hydrogen-bond donors (Lipinski definition) is 0. The van der Waals surface area contributed by atoms with Crippen molar-refractivity contribution in [1.29, 1.82) is 0 Å². The van der Waals surface area contributed by atoms with Crippen LogP contribution in [0.15, 0.2) is 170 Å². The Morgan fingerprint density at radius 3 is 1.90 bits per heavy atom. The van der Waals surface area contributed by atoms with Crippen LogP contribution in [0, 0.1) is 0 Å². The van der Waals surface area contributed by atoms with Crippen LogP contribution in [0.2, 0.25) is 12.1 Å². The molecule has 9 aromatic rings. The molecule has 1 saturated heterocycles. The van der Waals surface area contributed by atoms with Crippen LogP contribution in [0.3, 0.4) is 0 Å². The van der Waals surface area contributed by atoms with Gasteiger partial charge in [0.25, 0.3) is 0 Å². The van der Waals surface area contributed by atoms with Crippen molar-refractivity contribution < 1.29 is 0 Å². The van der Waals surface area contributed by atoms with Crippen LogP contribution in [0.25, 0.3) is 76.8 Å². The molecule has 3 aliphatic rings. The summed E-state index contributed by atoms with van der Waals surface area (Å²) in [6.07, 6.45) is 2.68. The Morgan fingerprint density at radius 1 is 0.431 bits per heavy atom. The molecule has 0 N–H and O–H groups in total. The quantitative estimate of drug-likeness (QED) is 0.128. The van der Waals surface area contributed by atoms with Crippen molar-refractivity contribution in [2.24, 2.45) is 0 Å². The fourth-order valence-corrected chi connectivity index (χ4v) is 17.3. The van der Waals surface area contributed by atoms with Crippen molar-refractivity contribution in [3.8, 4) is 44.5 Å². The highest BCUT2D eigenvalue weighted by atomic mass is 28.3. The summed E-state index contributed by atoms with van der Waals surface area (Å²) in [6, 6.07) is 67.8. The lowest BCUT2D eigenvalue weighted by Crippen LogP contribution is -2.61. The highest BCUT2D eigenvalue weighted by Gasteiger charge is 2.46. The Bertz CT molecular complexity index is 3180. The number of hydrogen-bond acceptors (Lipinski definition) is 1. The number of benzene rings is 9. The van der Waals surface area contributed by atoms with Crippen molar-refractivity contribution in [3.63, 3.8) is 0 Å². The van der Waals surface area contributed by atoms with Gasteiger partial charge in [0.2, 0.25) is 0 Å². The van der Waals surface area contributed by atoms with Crippen LogP contribution >= 0.6 is 0 Å². The summed E-state index contributed by atoms with van der Waals surface area (Å²) in [5.74, 6) is 0. The molecule has 0 bridgehead atoms. The highest BCUT2D eigenvalue weighted by molar-refractivity contribution is 7.04. The minimum atomic E-state index is -1.85. The molecule has 0 atom stereocenters. The zero-order valence-corrected chi connectivity index (χ0v) is 34.4. The maximum absolute atomic E-state index is 2.55. The van der Waals surface area contributed by atoms with Crippen LogP contribution in [-0.4, -0.2) is 15.1 Å². The van der Waals surface area contributed by atoms with E-state index in [1.165, 1.54) is 124 Å². The number of anilines is 2. The minimum Gasteiger partial charge on any atom is -0.345 e. The predicted octanol–water partition coefficient (Wildman–Crippen LogP) is 13.9. The maximum Gasteiger partial charge on any atom is 0.123 e. The first-order chi connectivity index (χ1) is 28.4. The Hall–Kier alpha value is -6.22. The molecule has 1 fully saturated rings. The molecule has 9 aromatic carbocycles. The summed E-state index contributed by atoms with van der Waals surface area (Å²) in [5, 5.41) is 11.0. The lowest BCUT2D eigenvalue weighted by molar-refractivity contribution is 0.660. The van der Waals surface area contributed by atoms with E-state index in [-0.39, 0.29) is 5.41 Å². The number of fused-ring (bicyclic) bond motifs is 10. The normalized spacial score (nSPS) is 15.8. The fourth-order valence-electron chi connectivity index (χ4n) is 11.7. The summed E-state index contributed by atoms with van der Waals surface area (Å²) < 4.78 is 0. The summed E-state index contributed by atoms with van der Waals surface area (Å²) in [5.41, 5.74) is 16.0. The second-order valence-corrected chi connectivity index (χ2v) is 21.8. The second-order valence-electron chi connectivity index (χ2n) is 17.6. The van der Waals surface area contributed by atoms with E-state index in [1.54, 1.807) is 10.4 Å². The molecule has 0 amide bonds. The van der Waals surface area contributed by atoms with Gasteiger partial charge in [0, 0.05) is 23.8 Å². The van der Waals surface area contributed by atoms with E-state index in [0.717, 1.165) is 0 Å². The third-order valence-electron chi connectivity index (χ3n) is 14.4. The molecule has 2 heteroatoms. The Balaban J connectivity index is 1.18. The molecule has 1 nitrogen and oxygen atoms in total. The van der Waals surface area contributed by atoms with Gasteiger partial charge in [0.05, 0.1) is 0 Å². The molecular formula is C56H45NSi. The van der Waals surface area contributed by atoms with Crippen molar-refractivity contribution in [3.05, 3.63) is 181 Å². The molecule has 12 rings (SSSR count). The zero-order chi connectivity index (χ0) is 38.8. The number of para-hydroxylation sites is 1. The van der Waals surface area contributed by atoms with Gasteiger partial charge in [-0.3, -0.25) is 0 Å². The summed E-state index contributed by atoms with van der Waals surface area (Å²) in [7, 11) is 0.447. The Morgan fingerprint density at radius 2 is 1.03 bits per heavy atom. The average Bonchev–Trinajstić information content (AvgIpc) is 3.86. The monoisotopic (exact) mass is 759 g/mol. The first kappa shape index (κ1) is 33.9. The summed E-state index contributed by atoms with van der Waals surface area (Å²) >= 11 is 0. The van der Waals surface area contributed by atoms with Crippen LogP contribution in [0.1, 0.15) is 37.8 Å². The van der Waals surface area contributed by atoms with Crippen molar-refractivity contribution >= 4 is 62.1 Å². The van der Waals surface area contributed by atoms with Gasteiger partial charge in [-0.2, -0.15) is 0 Å². The smallest absolute Gasteiger partial charge is 0.123 e. The van der Waals surface area contributed by atoms with Crippen molar-refractivity contribution in [2.75, 3.05) is 11.9 Å². The molecule has 2 aliphatic heterocycles. The molecule has 1 aliphatic carbocycles. The highest BCUT2D eigenvalue weighted by Crippen LogP contribution is 2.55. The molecule has 0 radical (unpaired) electrons. The van der Waals surface area contributed by atoms with E-state index >= 15 is 0 Å². The summed E-state index contributed by atoms with van der Waals surface area (Å²) in [4.78, 5) is 2.49. The van der Waals surface area contributed by atoms with Crippen LogP contribution in [0.4, 0.5) is 11.4 Å². The SMILES string of the molecule is CN1c2ccccc2[Si]2(CCCC2)c2ccc(-c3c4ccccc4c(-c4cccc5c4-c4ccccc4C5(C)C)c4cc(-c5cccc6ccccc56)ccc34)cc21. The predicted molar refractivity (Wildman–Crippen MR) is 251 cm³/mol. The lowest BCUT2D eigenvalue weighted by Gasteiger charge is -2.41. The summed E-state index contributed by atoms with van der Waals surface area (Å²) in [6.45, 7) is 4.78. The van der Waals surface area contributed by atoms with E-state index in [2.05, 4.69) is 196 Å². The van der Waals surface area contributed by atoms with Crippen LogP contribution < -0.4 is 15.3 Å². The molecule has 0 unspecified atom stereocenters. The first-order valence-electron chi connectivity index (χ1n) is 21.1. The van der Waals surface area contributed by atoms with E-state index in [4.69, 9.17) is 0 Å². The molecule has 0 aromatic heterocycles. The van der Waals surface area contributed by atoms with E-state index in [9.17, 15) is 0 Å². The molecular weight excluding hydrogens is 715 g/mol. The third kappa shape index (κ3) is 4.58. The molecule has 2 heterocycles. The topological polar surface area (TPSA) is 3.24 Å². The van der Waals surface area contributed by atoms with E-state index in [1.807, 2.05) is 0 Å². The Labute approximate surface area is 342 Å². The fraction of sp³-hybridized carbons (Fsp3) is 0.143. The Kier molecular flexibility index (Phi) is 7.24. The second kappa shape index (κ2) is 12.4. The molecule has 58 heavy (non-hydrogen) atoms. The maximum atomic E-state index is 2.55. The molecule has 0 saturated carbocycles. The minimum absolute atomic E-state index is 0.0879. The van der Waals surface area contributed by atoms with Gasteiger partial charge in [-0.15, -0.1) is 0 Å². The van der Waals surface area contributed by atoms with Crippen LogP contribution in [-0.2, 0) is 5.41 Å². The van der Waals surface area contributed by atoms with Gasteiger partial charge in [0.1, 0.15) is 8.07 Å². The number of nitrogens with zero attached hydrogens (tertiary/aromatic N) is 1. The van der Waals surface area contributed by atoms with E-state index < -0.39 is 8.07 Å². The van der Waals surface area contributed by atoms with Gasteiger partial charge < -0.3 is 4.90 Å². The first-order valence-corrected chi connectivity index (χ1v) is 23.5. The van der Waals surface area contributed by atoms with Gasteiger partial charge in [0.15, 0.2) is 0 Å². The number of rotatable bonds is 3. The van der Waals surface area contributed by atoms with E-state index in [0.29, 0.717) is 0 Å². The van der Waals surface area contributed by atoms with Gasteiger partial charge in [-0.1, -0.05) is 178 Å². The van der Waals surface area contributed by atoms with Crippen LogP contribution in [0.5, 0.6) is 0 Å².